The van der Waals surface area contributed by atoms with E-state index in [1.54, 1.807) is 11.3 Å². The third-order valence-electron chi connectivity index (χ3n) is 3.46. The maximum absolute atomic E-state index is 12.2. The highest BCUT2D eigenvalue weighted by molar-refractivity contribution is 7.12. The van der Waals surface area contributed by atoms with E-state index < -0.39 is 0 Å². The Morgan fingerprint density at radius 3 is 3.05 bits per heavy atom. The molecule has 6 heteroatoms. The number of hydrogen-bond donors (Lipinski definition) is 1. The molecule has 0 bridgehead atoms. The van der Waals surface area contributed by atoms with E-state index in [4.69, 9.17) is 0 Å². The predicted octanol–water partition coefficient (Wildman–Crippen LogP) is 2.72. The van der Waals surface area contributed by atoms with Gasteiger partial charge in [0.15, 0.2) is 0 Å². The Balaban J connectivity index is 1.71. The van der Waals surface area contributed by atoms with Crippen molar-refractivity contribution in [3.8, 4) is 0 Å². The molecule has 0 unspecified atom stereocenters. The van der Waals surface area contributed by atoms with Crippen molar-refractivity contribution in [2.45, 2.75) is 39.2 Å². The molecule has 1 aliphatic carbocycles. The van der Waals surface area contributed by atoms with Crippen molar-refractivity contribution in [1.82, 2.24) is 14.9 Å². The molecule has 1 amide bonds. The number of thiophene rings is 1. The highest BCUT2D eigenvalue weighted by Gasteiger charge is 2.20. The Morgan fingerprint density at radius 2 is 2.26 bits per heavy atom. The van der Waals surface area contributed by atoms with Crippen LogP contribution in [0.2, 0.25) is 0 Å². The smallest absolute Gasteiger partial charge is 0.261 e. The maximum atomic E-state index is 12.2. The summed E-state index contributed by atoms with van der Waals surface area (Å²) in [6.07, 6.45) is 4.61. The van der Waals surface area contributed by atoms with Gasteiger partial charge in [-0.3, -0.25) is 4.79 Å². The van der Waals surface area contributed by atoms with Gasteiger partial charge in [-0.05, 0) is 60.6 Å². The van der Waals surface area contributed by atoms with E-state index in [1.165, 1.54) is 35.5 Å². The molecule has 0 fully saturated rings. The molecular weight excluding hydrogens is 278 g/mol. The number of aryl methyl sites for hydroxylation is 2. The second-order valence-electron chi connectivity index (χ2n) is 4.74. The second-order valence-corrected chi connectivity index (χ2v) is 6.46. The van der Waals surface area contributed by atoms with E-state index in [0.29, 0.717) is 6.54 Å². The molecule has 1 N–H and O–H groups in total. The molecule has 0 spiro atoms. The third kappa shape index (κ3) is 2.55. The van der Waals surface area contributed by atoms with E-state index in [0.717, 1.165) is 28.3 Å². The highest BCUT2D eigenvalue weighted by Crippen LogP contribution is 2.29. The summed E-state index contributed by atoms with van der Waals surface area (Å²) in [6, 6.07) is 0. The normalized spacial score (nSPS) is 14.2. The Kier molecular flexibility index (Phi) is 3.61. The van der Waals surface area contributed by atoms with Crippen molar-refractivity contribution >= 4 is 28.8 Å². The molecule has 0 aromatic carbocycles. The standard InChI is InChI=1S/C13H15N3OS2/c1-8-11(19-16-15-8)6-14-13(17)12-10-5-3-2-4-9(10)7-18-12/h7H,2-6H2,1H3,(H,14,17). The van der Waals surface area contributed by atoms with Gasteiger partial charge in [-0.25, -0.2) is 0 Å². The van der Waals surface area contributed by atoms with Crippen LogP contribution >= 0.6 is 22.9 Å². The third-order valence-corrected chi connectivity index (χ3v) is 5.36. The number of nitrogens with one attached hydrogen (secondary N) is 1. The van der Waals surface area contributed by atoms with Gasteiger partial charge in [0, 0.05) is 0 Å². The Labute approximate surface area is 120 Å². The first kappa shape index (κ1) is 12.7. The first-order valence-corrected chi connectivity index (χ1v) is 8.06. The molecule has 2 heterocycles. The molecule has 2 aromatic rings. The lowest BCUT2D eigenvalue weighted by molar-refractivity contribution is 0.0954. The lowest BCUT2D eigenvalue weighted by Crippen LogP contribution is -2.23. The zero-order valence-electron chi connectivity index (χ0n) is 10.7. The molecule has 0 saturated carbocycles. The Hall–Kier alpha value is -1.27. The van der Waals surface area contributed by atoms with E-state index in [1.807, 2.05) is 6.92 Å². The van der Waals surface area contributed by atoms with Gasteiger partial charge in [0.05, 0.1) is 22.0 Å². The van der Waals surface area contributed by atoms with Crippen LogP contribution in [-0.4, -0.2) is 15.5 Å². The summed E-state index contributed by atoms with van der Waals surface area (Å²) in [6.45, 7) is 2.44. The molecule has 0 aliphatic heterocycles. The van der Waals surface area contributed by atoms with Crippen LogP contribution in [0.4, 0.5) is 0 Å². The minimum atomic E-state index is 0.0425. The maximum Gasteiger partial charge on any atom is 0.261 e. The largest absolute Gasteiger partial charge is 0.346 e. The van der Waals surface area contributed by atoms with E-state index in [2.05, 4.69) is 20.3 Å². The van der Waals surface area contributed by atoms with Gasteiger partial charge in [-0.1, -0.05) is 4.49 Å². The monoisotopic (exact) mass is 293 g/mol. The summed E-state index contributed by atoms with van der Waals surface area (Å²) in [4.78, 5) is 14.2. The summed E-state index contributed by atoms with van der Waals surface area (Å²) in [5.74, 6) is 0.0425. The molecule has 0 saturated heterocycles. The molecule has 3 rings (SSSR count). The van der Waals surface area contributed by atoms with Gasteiger partial charge < -0.3 is 5.32 Å². The van der Waals surface area contributed by atoms with Gasteiger partial charge >= 0.3 is 0 Å². The van der Waals surface area contributed by atoms with Gasteiger partial charge in [-0.2, -0.15) is 0 Å². The van der Waals surface area contributed by atoms with Crippen molar-refractivity contribution in [1.29, 1.82) is 0 Å². The minimum absolute atomic E-state index is 0.0425. The van der Waals surface area contributed by atoms with Gasteiger partial charge in [0.25, 0.3) is 5.91 Å². The number of rotatable bonds is 3. The van der Waals surface area contributed by atoms with Crippen molar-refractivity contribution in [3.05, 3.63) is 32.0 Å². The average Bonchev–Trinajstić information content (AvgIpc) is 3.02. The molecule has 4 nitrogen and oxygen atoms in total. The molecule has 0 radical (unpaired) electrons. The summed E-state index contributed by atoms with van der Waals surface area (Å²) in [5, 5.41) is 9.07. The van der Waals surface area contributed by atoms with Crippen LogP contribution in [0.3, 0.4) is 0 Å². The zero-order chi connectivity index (χ0) is 13.2. The fourth-order valence-electron chi connectivity index (χ4n) is 2.36. The van der Waals surface area contributed by atoms with Crippen LogP contribution in [0, 0.1) is 6.92 Å². The SMILES string of the molecule is Cc1nnsc1CNC(=O)c1scc2c1CCCC2. The molecular formula is C13H15N3OS2. The second kappa shape index (κ2) is 5.38. The summed E-state index contributed by atoms with van der Waals surface area (Å²) >= 11 is 2.92. The summed E-state index contributed by atoms with van der Waals surface area (Å²) < 4.78 is 3.88. The number of aromatic nitrogens is 2. The zero-order valence-corrected chi connectivity index (χ0v) is 12.4. The number of carbonyl (C=O) groups excluding carboxylic acids is 1. The summed E-state index contributed by atoms with van der Waals surface area (Å²) in [5.41, 5.74) is 3.54. The van der Waals surface area contributed by atoms with Crippen LogP contribution in [0.5, 0.6) is 0 Å². The molecule has 1 aliphatic rings. The average molecular weight is 293 g/mol. The van der Waals surface area contributed by atoms with Crippen molar-refractivity contribution in [2.24, 2.45) is 0 Å². The van der Waals surface area contributed by atoms with Gasteiger partial charge in [0.1, 0.15) is 0 Å². The van der Waals surface area contributed by atoms with Gasteiger partial charge in [0.2, 0.25) is 0 Å². The van der Waals surface area contributed by atoms with Crippen molar-refractivity contribution < 1.29 is 4.79 Å². The van der Waals surface area contributed by atoms with Crippen LogP contribution in [-0.2, 0) is 19.4 Å². The predicted molar refractivity (Wildman–Crippen MR) is 76.8 cm³/mol. The first-order valence-electron chi connectivity index (χ1n) is 6.41. The number of nitrogens with zero attached hydrogens (tertiary/aromatic N) is 2. The number of fused-ring (bicyclic) bond motifs is 1. The van der Waals surface area contributed by atoms with Crippen LogP contribution < -0.4 is 5.32 Å². The van der Waals surface area contributed by atoms with Crippen LogP contribution in [0.25, 0.3) is 0 Å². The van der Waals surface area contributed by atoms with Crippen LogP contribution in [0.15, 0.2) is 5.38 Å². The number of hydrogen-bond acceptors (Lipinski definition) is 5. The van der Waals surface area contributed by atoms with Crippen molar-refractivity contribution in [3.63, 3.8) is 0 Å². The first-order chi connectivity index (χ1) is 9.25. The topological polar surface area (TPSA) is 54.9 Å². The fraction of sp³-hybridized carbons (Fsp3) is 0.462. The Morgan fingerprint density at radius 1 is 1.42 bits per heavy atom. The molecule has 19 heavy (non-hydrogen) atoms. The van der Waals surface area contributed by atoms with Crippen molar-refractivity contribution in [2.75, 3.05) is 0 Å². The molecule has 0 atom stereocenters. The quantitative estimate of drug-likeness (QED) is 0.946. The van der Waals surface area contributed by atoms with E-state index in [9.17, 15) is 4.79 Å². The number of carbonyl (C=O) groups is 1. The van der Waals surface area contributed by atoms with E-state index in [-0.39, 0.29) is 5.91 Å². The fourth-order valence-corrected chi connectivity index (χ4v) is 4.01. The molecule has 2 aromatic heterocycles. The van der Waals surface area contributed by atoms with E-state index >= 15 is 0 Å². The van der Waals surface area contributed by atoms with Crippen LogP contribution in [0.1, 0.15) is 44.2 Å². The highest BCUT2D eigenvalue weighted by atomic mass is 32.1. The summed E-state index contributed by atoms with van der Waals surface area (Å²) in [7, 11) is 0. The Bertz CT molecular complexity index is 603. The lowest BCUT2D eigenvalue weighted by Gasteiger charge is -2.12. The minimum Gasteiger partial charge on any atom is -0.346 e. The number of amides is 1. The lowest BCUT2D eigenvalue weighted by atomic mass is 9.94. The van der Waals surface area contributed by atoms with Gasteiger partial charge in [-0.15, -0.1) is 16.4 Å². The molecule has 100 valence electrons.